The number of para-hydroxylation sites is 1. The zero-order valence-corrected chi connectivity index (χ0v) is 10.1. The van der Waals surface area contributed by atoms with Crippen molar-refractivity contribution in [2.45, 2.75) is 25.8 Å². The summed E-state index contributed by atoms with van der Waals surface area (Å²) in [6.45, 7) is 2.97. The maximum atomic E-state index is 5.72. The van der Waals surface area contributed by atoms with E-state index < -0.39 is 0 Å². The molecule has 1 heterocycles. The van der Waals surface area contributed by atoms with Crippen molar-refractivity contribution in [1.29, 1.82) is 0 Å². The summed E-state index contributed by atoms with van der Waals surface area (Å²) < 4.78 is 5.72. The molecule has 1 aliphatic rings. The predicted molar refractivity (Wildman–Crippen MR) is 71.0 cm³/mol. The lowest BCUT2D eigenvalue weighted by molar-refractivity contribution is 0.577. The molecule has 2 nitrogen and oxygen atoms in total. The Balaban J connectivity index is 1.80. The Hall–Kier alpha value is -1.54. The zero-order valence-electron chi connectivity index (χ0n) is 10.1. The van der Waals surface area contributed by atoms with E-state index in [1.165, 1.54) is 23.8 Å². The van der Waals surface area contributed by atoms with Gasteiger partial charge in [-0.25, -0.2) is 0 Å². The lowest BCUT2D eigenvalue weighted by Gasteiger charge is -1.95. The van der Waals surface area contributed by atoms with Crippen LogP contribution in [0.25, 0.3) is 17.0 Å². The number of furan rings is 1. The van der Waals surface area contributed by atoms with E-state index in [1.54, 1.807) is 0 Å². The highest BCUT2D eigenvalue weighted by atomic mass is 16.3. The summed E-state index contributed by atoms with van der Waals surface area (Å²) in [5.41, 5.74) is 2.18. The van der Waals surface area contributed by atoms with Crippen LogP contribution in [0.1, 0.15) is 24.2 Å². The molecule has 1 fully saturated rings. The van der Waals surface area contributed by atoms with Crippen LogP contribution in [0.5, 0.6) is 0 Å². The molecule has 2 aromatic rings. The average Bonchev–Trinajstić information content (AvgIpc) is 3.09. The number of hydrogen-bond acceptors (Lipinski definition) is 2. The second-order valence-electron chi connectivity index (χ2n) is 4.65. The maximum Gasteiger partial charge on any atom is 0.134 e. The summed E-state index contributed by atoms with van der Waals surface area (Å²) in [5, 5.41) is 4.67. The first kappa shape index (κ1) is 10.6. The van der Waals surface area contributed by atoms with E-state index in [0.29, 0.717) is 0 Å². The molecule has 0 spiro atoms. The highest BCUT2D eigenvalue weighted by molar-refractivity contribution is 5.88. The van der Waals surface area contributed by atoms with Crippen LogP contribution < -0.4 is 5.32 Å². The van der Waals surface area contributed by atoms with Gasteiger partial charge in [-0.1, -0.05) is 30.4 Å². The summed E-state index contributed by atoms with van der Waals surface area (Å²) >= 11 is 0. The third kappa shape index (κ3) is 2.27. The molecule has 1 aromatic carbocycles. The SMILES string of the molecule is Cc1oc2ccccc2c1/C=C/CNC1CC1. The molecule has 0 saturated heterocycles. The van der Waals surface area contributed by atoms with Gasteiger partial charge in [0.15, 0.2) is 0 Å². The minimum Gasteiger partial charge on any atom is -0.461 e. The summed E-state index contributed by atoms with van der Waals surface area (Å²) in [5.74, 6) is 0.994. The van der Waals surface area contributed by atoms with Gasteiger partial charge < -0.3 is 9.73 Å². The quantitative estimate of drug-likeness (QED) is 0.864. The van der Waals surface area contributed by atoms with Crippen molar-refractivity contribution in [3.05, 3.63) is 41.7 Å². The van der Waals surface area contributed by atoms with Gasteiger partial charge in [0.05, 0.1) is 0 Å². The Morgan fingerprint density at radius 3 is 3.00 bits per heavy atom. The van der Waals surface area contributed by atoms with E-state index in [2.05, 4.69) is 29.6 Å². The van der Waals surface area contributed by atoms with Gasteiger partial charge in [-0.15, -0.1) is 0 Å². The topological polar surface area (TPSA) is 25.2 Å². The van der Waals surface area contributed by atoms with Crippen LogP contribution in [-0.2, 0) is 0 Å². The molecule has 1 aromatic heterocycles. The molecular formula is C15H17NO. The third-order valence-corrected chi connectivity index (χ3v) is 3.21. The molecule has 0 unspecified atom stereocenters. The van der Waals surface area contributed by atoms with Crippen molar-refractivity contribution < 1.29 is 4.42 Å². The fraction of sp³-hybridized carbons (Fsp3) is 0.333. The molecule has 1 aliphatic carbocycles. The van der Waals surface area contributed by atoms with Gasteiger partial charge in [0.25, 0.3) is 0 Å². The van der Waals surface area contributed by atoms with Gasteiger partial charge in [-0.3, -0.25) is 0 Å². The molecule has 0 aliphatic heterocycles. The summed E-state index contributed by atoms with van der Waals surface area (Å²) in [7, 11) is 0. The molecule has 0 atom stereocenters. The minimum atomic E-state index is 0.766. The van der Waals surface area contributed by atoms with Gasteiger partial charge in [0.2, 0.25) is 0 Å². The highest BCUT2D eigenvalue weighted by Crippen LogP contribution is 2.26. The van der Waals surface area contributed by atoms with Crippen molar-refractivity contribution >= 4 is 17.0 Å². The maximum absolute atomic E-state index is 5.72. The van der Waals surface area contributed by atoms with Gasteiger partial charge >= 0.3 is 0 Å². The molecular weight excluding hydrogens is 210 g/mol. The number of benzene rings is 1. The highest BCUT2D eigenvalue weighted by Gasteiger charge is 2.19. The standard InChI is InChI=1S/C15H17NO/c1-11-13(6-4-10-16-12-8-9-12)14-5-2-3-7-15(14)17-11/h2-7,12,16H,8-10H2,1H3/b6-4+. The first-order valence-electron chi connectivity index (χ1n) is 6.22. The molecule has 1 saturated carbocycles. The van der Waals surface area contributed by atoms with Crippen LogP contribution in [0.3, 0.4) is 0 Å². The van der Waals surface area contributed by atoms with Crippen LogP contribution >= 0.6 is 0 Å². The van der Waals surface area contributed by atoms with Gasteiger partial charge in [0, 0.05) is 23.5 Å². The molecule has 3 rings (SSSR count). The molecule has 17 heavy (non-hydrogen) atoms. The Kier molecular flexibility index (Phi) is 2.73. The van der Waals surface area contributed by atoms with Crippen LogP contribution in [0.2, 0.25) is 0 Å². The van der Waals surface area contributed by atoms with E-state index in [4.69, 9.17) is 4.42 Å². The van der Waals surface area contributed by atoms with Crippen molar-refractivity contribution in [2.75, 3.05) is 6.54 Å². The van der Waals surface area contributed by atoms with E-state index in [0.717, 1.165) is 23.9 Å². The van der Waals surface area contributed by atoms with Crippen molar-refractivity contribution in [1.82, 2.24) is 5.32 Å². The van der Waals surface area contributed by atoms with Crippen LogP contribution in [0.4, 0.5) is 0 Å². The lowest BCUT2D eigenvalue weighted by atomic mass is 10.1. The molecule has 0 radical (unpaired) electrons. The molecule has 0 amide bonds. The number of hydrogen-bond donors (Lipinski definition) is 1. The normalized spacial score (nSPS) is 16.1. The second kappa shape index (κ2) is 4.38. The number of rotatable bonds is 4. The number of nitrogens with one attached hydrogen (secondary N) is 1. The Morgan fingerprint density at radius 1 is 1.35 bits per heavy atom. The van der Waals surface area contributed by atoms with Gasteiger partial charge in [0.1, 0.15) is 11.3 Å². The van der Waals surface area contributed by atoms with E-state index >= 15 is 0 Å². The first-order valence-corrected chi connectivity index (χ1v) is 6.22. The minimum absolute atomic E-state index is 0.766. The summed E-state index contributed by atoms with van der Waals surface area (Å²) in [6.07, 6.45) is 7.02. The number of aryl methyl sites for hydroxylation is 1. The fourth-order valence-electron chi connectivity index (χ4n) is 2.09. The largest absolute Gasteiger partial charge is 0.461 e. The average molecular weight is 227 g/mol. The van der Waals surface area contributed by atoms with Crippen LogP contribution in [0.15, 0.2) is 34.8 Å². The van der Waals surface area contributed by atoms with Crippen molar-refractivity contribution in [3.63, 3.8) is 0 Å². The fourth-order valence-corrected chi connectivity index (χ4v) is 2.09. The van der Waals surface area contributed by atoms with E-state index in [-0.39, 0.29) is 0 Å². The smallest absolute Gasteiger partial charge is 0.134 e. The van der Waals surface area contributed by atoms with E-state index in [1.807, 2.05) is 19.1 Å². The Morgan fingerprint density at radius 2 is 2.18 bits per heavy atom. The predicted octanol–water partition coefficient (Wildman–Crippen LogP) is 3.51. The Bertz CT molecular complexity index is 549. The van der Waals surface area contributed by atoms with Crippen LogP contribution in [0, 0.1) is 6.92 Å². The molecule has 1 N–H and O–H groups in total. The lowest BCUT2D eigenvalue weighted by Crippen LogP contribution is -2.15. The summed E-state index contributed by atoms with van der Waals surface area (Å²) in [4.78, 5) is 0. The van der Waals surface area contributed by atoms with E-state index in [9.17, 15) is 0 Å². The van der Waals surface area contributed by atoms with Gasteiger partial charge in [-0.05, 0) is 25.8 Å². The number of fused-ring (bicyclic) bond motifs is 1. The Labute approximate surface area is 101 Å². The van der Waals surface area contributed by atoms with Gasteiger partial charge in [-0.2, -0.15) is 0 Å². The molecule has 0 bridgehead atoms. The van der Waals surface area contributed by atoms with Crippen molar-refractivity contribution in [3.8, 4) is 0 Å². The van der Waals surface area contributed by atoms with Crippen molar-refractivity contribution in [2.24, 2.45) is 0 Å². The molecule has 88 valence electrons. The first-order chi connectivity index (χ1) is 8.34. The second-order valence-corrected chi connectivity index (χ2v) is 4.65. The third-order valence-electron chi connectivity index (χ3n) is 3.21. The monoisotopic (exact) mass is 227 g/mol. The molecule has 2 heteroatoms. The summed E-state index contributed by atoms with van der Waals surface area (Å²) in [6, 6.07) is 8.95. The van der Waals surface area contributed by atoms with Crippen LogP contribution in [-0.4, -0.2) is 12.6 Å². The zero-order chi connectivity index (χ0) is 11.7.